The Bertz CT molecular complexity index is 588. The number of aryl methyl sites for hydroxylation is 1. The maximum Gasteiger partial charge on any atom is 0.340 e. The second-order valence-corrected chi connectivity index (χ2v) is 4.92. The van der Waals surface area contributed by atoms with Crippen LogP contribution in [0.25, 0.3) is 10.6 Å². The molecule has 3 nitrogen and oxygen atoms in total. The highest BCUT2D eigenvalue weighted by Gasteiger charge is 2.12. The molecule has 0 fully saturated rings. The summed E-state index contributed by atoms with van der Waals surface area (Å²) in [6.07, 6.45) is 3.64. The lowest BCUT2D eigenvalue weighted by molar-refractivity contribution is 0.0548. The molecule has 2 aromatic rings. The Labute approximate surface area is 116 Å². The van der Waals surface area contributed by atoms with Crippen LogP contribution in [-0.2, 0) is 4.74 Å². The molecule has 2 rings (SSSR count). The van der Waals surface area contributed by atoms with Crippen LogP contribution in [0.15, 0.2) is 41.8 Å². The number of thiophene rings is 1. The van der Waals surface area contributed by atoms with Gasteiger partial charge in [0.1, 0.15) is 6.61 Å². The molecule has 0 saturated carbocycles. The molecular formula is C15H15NO2S. The summed E-state index contributed by atoms with van der Waals surface area (Å²) in [5.41, 5.74) is 2.10. The average molecular weight is 273 g/mol. The first-order valence-electron chi connectivity index (χ1n) is 6.02. The van der Waals surface area contributed by atoms with Gasteiger partial charge in [-0.15, -0.1) is 11.3 Å². The molecule has 0 aliphatic carbocycles. The van der Waals surface area contributed by atoms with Crippen LogP contribution in [0.5, 0.6) is 0 Å². The number of carbonyl (C=O) groups is 1. The second-order valence-electron chi connectivity index (χ2n) is 3.97. The highest BCUT2D eigenvalue weighted by atomic mass is 32.1. The molecule has 4 heteroatoms. The highest BCUT2D eigenvalue weighted by molar-refractivity contribution is 7.13. The molecule has 0 spiro atoms. The smallest absolute Gasteiger partial charge is 0.340 e. The fourth-order valence-corrected chi connectivity index (χ4v) is 2.33. The Morgan fingerprint density at radius 3 is 2.89 bits per heavy atom. The average Bonchev–Trinajstić information content (AvgIpc) is 2.92. The van der Waals surface area contributed by atoms with Gasteiger partial charge in [0, 0.05) is 0 Å². The van der Waals surface area contributed by atoms with Crippen LogP contribution >= 0.6 is 11.3 Å². The number of rotatable bonds is 4. The van der Waals surface area contributed by atoms with Crippen molar-refractivity contribution in [2.45, 2.75) is 13.8 Å². The van der Waals surface area contributed by atoms with Gasteiger partial charge in [-0.2, -0.15) is 0 Å². The van der Waals surface area contributed by atoms with E-state index in [0.717, 1.165) is 10.6 Å². The summed E-state index contributed by atoms with van der Waals surface area (Å²) in [6, 6.07) is 7.62. The summed E-state index contributed by atoms with van der Waals surface area (Å²) >= 11 is 1.63. The Morgan fingerprint density at radius 2 is 2.26 bits per heavy atom. The van der Waals surface area contributed by atoms with E-state index in [1.54, 1.807) is 23.5 Å². The number of hydrogen-bond acceptors (Lipinski definition) is 4. The number of pyridine rings is 1. The van der Waals surface area contributed by atoms with Gasteiger partial charge in [0.05, 0.1) is 21.8 Å². The Balaban J connectivity index is 2.17. The molecule has 0 N–H and O–H groups in total. The topological polar surface area (TPSA) is 39.2 Å². The predicted molar refractivity (Wildman–Crippen MR) is 77.4 cm³/mol. The SMILES string of the molecule is C/C=C/COC(=O)c1ccc(-c2cccs2)nc1C. The zero-order valence-electron chi connectivity index (χ0n) is 10.9. The monoisotopic (exact) mass is 273 g/mol. The van der Waals surface area contributed by atoms with E-state index in [1.807, 2.05) is 43.5 Å². The van der Waals surface area contributed by atoms with E-state index in [-0.39, 0.29) is 5.97 Å². The van der Waals surface area contributed by atoms with Crippen molar-refractivity contribution >= 4 is 17.3 Å². The summed E-state index contributed by atoms with van der Waals surface area (Å²) in [4.78, 5) is 17.4. The zero-order valence-corrected chi connectivity index (χ0v) is 11.7. The van der Waals surface area contributed by atoms with Crippen molar-refractivity contribution in [2.75, 3.05) is 6.61 Å². The number of aromatic nitrogens is 1. The third-order valence-electron chi connectivity index (χ3n) is 2.63. The number of carbonyl (C=O) groups excluding carboxylic acids is 1. The zero-order chi connectivity index (χ0) is 13.7. The first-order chi connectivity index (χ1) is 9.22. The fraction of sp³-hybridized carbons (Fsp3) is 0.200. The summed E-state index contributed by atoms with van der Waals surface area (Å²) in [6.45, 7) is 4.00. The molecule has 98 valence electrons. The summed E-state index contributed by atoms with van der Waals surface area (Å²) in [5.74, 6) is -0.333. The van der Waals surface area contributed by atoms with Gasteiger partial charge in [0.2, 0.25) is 0 Å². The molecule has 0 aliphatic heterocycles. The van der Waals surface area contributed by atoms with Crippen LogP contribution in [0.4, 0.5) is 0 Å². The maximum absolute atomic E-state index is 11.8. The summed E-state index contributed by atoms with van der Waals surface area (Å²) in [5, 5.41) is 2.01. The van der Waals surface area contributed by atoms with Crippen molar-refractivity contribution in [3.63, 3.8) is 0 Å². The minimum Gasteiger partial charge on any atom is -0.458 e. The van der Waals surface area contributed by atoms with Gasteiger partial charge in [-0.05, 0) is 37.4 Å². The first kappa shape index (κ1) is 13.5. The molecule has 2 aromatic heterocycles. The number of ether oxygens (including phenoxy) is 1. The van der Waals surface area contributed by atoms with Crippen LogP contribution in [0.2, 0.25) is 0 Å². The van der Waals surface area contributed by atoms with E-state index in [1.165, 1.54) is 0 Å². The quantitative estimate of drug-likeness (QED) is 0.627. The molecule has 0 unspecified atom stereocenters. The third-order valence-corrected chi connectivity index (χ3v) is 3.52. The Kier molecular flexibility index (Phi) is 4.47. The molecule has 0 amide bonds. The highest BCUT2D eigenvalue weighted by Crippen LogP contribution is 2.23. The van der Waals surface area contributed by atoms with E-state index in [9.17, 15) is 4.79 Å². The molecule has 0 saturated heterocycles. The second kappa shape index (κ2) is 6.29. The predicted octanol–water partition coefficient (Wildman–Crippen LogP) is 3.85. The van der Waals surface area contributed by atoms with Crippen LogP contribution in [0.3, 0.4) is 0 Å². The van der Waals surface area contributed by atoms with Gasteiger partial charge < -0.3 is 4.74 Å². The molecule has 0 aliphatic rings. The lowest BCUT2D eigenvalue weighted by Gasteiger charge is -2.06. The molecule has 0 aromatic carbocycles. The fourth-order valence-electron chi connectivity index (χ4n) is 1.64. The van der Waals surface area contributed by atoms with Gasteiger partial charge in [-0.3, -0.25) is 4.98 Å². The minimum absolute atomic E-state index is 0.293. The molecule has 0 atom stereocenters. The lowest BCUT2D eigenvalue weighted by Crippen LogP contribution is -2.08. The van der Waals surface area contributed by atoms with E-state index in [4.69, 9.17) is 4.74 Å². The summed E-state index contributed by atoms with van der Waals surface area (Å²) < 4.78 is 5.12. The van der Waals surface area contributed by atoms with Crippen LogP contribution in [0, 0.1) is 6.92 Å². The minimum atomic E-state index is -0.333. The number of allylic oxidation sites excluding steroid dienone is 1. The molecule has 0 bridgehead atoms. The first-order valence-corrected chi connectivity index (χ1v) is 6.90. The van der Waals surface area contributed by atoms with Crippen molar-refractivity contribution in [2.24, 2.45) is 0 Å². The molecule has 19 heavy (non-hydrogen) atoms. The van der Waals surface area contributed by atoms with Gasteiger partial charge >= 0.3 is 5.97 Å². The van der Waals surface area contributed by atoms with Gasteiger partial charge in [0.25, 0.3) is 0 Å². The number of hydrogen-bond donors (Lipinski definition) is 0. The van der Waals surface area contributed by atoms with Crippen LogP contribution in [0.1, 0.15) is 23.0 Å². The standard InChI is InChI=1S/C15H15NO2S/c1-3-4-9-18-15(17)12-7-8-13(16-11(12)2)14-6-5-10-19-14/h3-8,10H,9H2,1-2H3/b4-3+. The Morgan fingerprint density at radius 1 is 1.42 bits per heavy atom. The largest absolute Gasteiger partial charge is 0.458 e. The van der Waals surface area contributed by atoms with Crippen molar-refractivity contribution in [3.8, 4) is 10.6 Å². The molecule has 2 heterocycles. The van der Waals surface area contributed by atoms with Crippen molar-refractivity contribution in [1.29, 1.82) is 0 Å². The lowest BCUT2D eigenvalue weighted by atomic mass is 10.2. The van der Waals surface area contributed by atoms with Crippen LogP contribution in [-0.4, -0.2) is 17.6 Å². The van der Waals surface area contributed by atoms with E-state index in [0.29, 0.717) is 17.9 Å². The Hall–Kier alpha value is -1.94. The molecular weight excluding hydrogens is 258 g/mol. The number of esters is 1. The van der Waals surface area contributed by atoms with Crippen LogP contribution < -0.4 is 0 Å². The summed E-state index contributed by atoms with van der Waals surface area (Å²) in [7, 11) is 0. The van der Waals surface area contributed by atoms with Gasteiger partial charge in [0.15, 0.2) is 0 Å². The normalized spacial score (nSPS) is 10.8. The van der Waals surface area contributed by atoms with Gasteiger partial charge in [-0.1, -0.05) is 18.2 Å². The van der Waals surface area contributed by atoms with Crippen molar-refractivity contribution < 1.29 is 9.53 Å². The van der Waals surface area contributed by atoms with Gasteiger partial charge in [-0.25, -0.2) is 4.79 Å². The molecule has 0 radical (unpaired) electrons. The number of nitrogens with zero attached hydrogens (tertiary/aromatic N) is 1. The van der Waals surface area contributed by atoms with E-state index < -0.39 is 0 Å². The third kappa shape index (κ3) is 3.29. The van der Waals surface area contributed by atoms with Crippen molar-refractivity contribution in [3.05, 3.63) is 53.1 Å². The van der Waals surface area contributed by atoms with Crippen molar-refractivity contribution in [1.82, 2.24) is 4.98 Å². The van der Waals surface area contributed by atoms with E-state index >= 15 is 0 Å². The maximum atomic E-state index is 11.8. The van der Waals surface area contributed by atoms with E-state index in [2.05, 4.69) is 4.98 Å².